The monoisotopic (exact) mass is 435 g/mol. The lowest BCUT2D eigenvalue weighted by atomic mass is 10.2. The van der Waals surface area contributed by atoms with Crippen molar-refractivity contribution in [1.29, 1.82) is 0 Å². The van der Waals surface area contributed by atoms with Crippen LogP contribution >= 0.6 is 11.6 Å². The third kappa shape index (κ3) is 4.49. The Hall–Kier alpha value is -3.91. The van der Waals surface area contributed by atoms with Crippen molar-refractivity contribution in [2.45, 2.75) is 6.92 Å². The Morgan fingerprint density at radius 3 is 2.58 bits per heavy atom. The van der Waals surface area contributed by atoms with Gasteiger partial charge in [0.2, 0.25) is 0 Å². The zero-order valence-corrected chi connectivity index (χ0v) is 17.3. The van der Waals surface area contributed by atoms with E-state index in [0.29, 0.717) is 16.5 Å². The van der Waals surface area contributed by atoms with E-state index in [1.807, 2.05) is 30.3 Å². The molecule has 0 aliphatic rings. The molecule has 4 aromatic rings. The van der Waals surface area contributed by atoms with Crippen LogP contribution in [0, 0.1) is 0 Å². The quantitative estimate of drug-likeness (QED) is 0.435. The number of carbonyl (C=O) groups excluding carboxylic acids is 2. The second-order valence-corrected chi connectivity index (χ2v) is 6.92. The number of pyridine rings is 1. The second kappa shape index (κ2) is 8.85. The largest absolute Gasteiger partial charge is 0.462 e. The maximum atomic E-state index is 12.6. The first-order valence-electron chi connectivity index (χ1n) is 9.50. The van der Waals surface area contributed by atoms with Crippen molar-refractivity contribution in [1.82, 2.24) is 14.8 Å². The topological polar surface area (TPSA) is 98.1 Å². The maximum absolute atomic E-state index is 12.6. The fraction of sp³-hybridized carbons (Fsp3) is 0.0909. The molecule has 0 atom stereocenters. The van der Waals surface area contributed by atoms with Gasteiger partial charge in [0.15, 0.2) is 11.6 Å². The zero-order valence-electron chi connectivity index (χ0n) is 16.5. The lowest BCUT2D eigenvalue weighted by molar-refractivity contribution is 0.0527. The highest BCUT2D eigenvalue weighted by molar-refractivity contribution is 6.30. The predicted octanol–water partition coefficient (Wildman–Crippen LogP) is 4.89. The van der Waals surface area contributed by atoms with E-state index >= 15 is 0 Å². The van der Waals surface area contributed by atoms with Crippen molar-refractivity contribution in [2.75, 3.05) is 17.2 Å². The number of carbonyl (C=O) groups is 2. The fourth-order valence-electron chi connectivity index (χ4n) is 2.98. The number of ether oxygens (including phenoxy) is 1. The van der Waals surface area contributed by atoms with Crippen molar-refractivity contribution in [2.24, 2.45) is 0 Å². The number of aromatic nitrogens is 3. The maximum Gasteiger partial charge on any atom is 0.343 e. The molecule has 0 saturated carbocycles. The van der Waals surface area contributed by atoms with Crippen LogP contribution in [0.25, 0.3) is 16.7 Å². The van der Waals surface area contributed by atoms with Crippen LogP contribution < -0.4 is 10.6 Å². The molecular formula is C22H18ClN5O3. The summed E-state index contributed by atoms with van der Waals surface area (Å²) < 4.78 is 6.49. The van der Waals surface area contributed by atoms with Crippen LogP contribution in [0.1, 0.15) is 17.3 Å². The minimum Gasteiger partial charge on any atom is -0.462 e. The zero-order chi connectivity index (χ0) is 21.8. The summed E-state index contributed by atoms with van der Waals surface area (Å²) in [6.07, 6.45) is 1.34. The van der Waals surface area contributed by atoms with Crippen LogP contribution in [0.2, 0.25) is 5.02 Å². The molecule has 156 valence electrons. The highest BCUT2D eigenvalue weighted by Gasteiger charge is 2.22. The van der Waals surface area contributed by atoms with Gasteiger partial charge >= 0.3 is 12.0 Å². The third-order valence-electron chi connectivity index (χ3n) is 4.40. The van der Waals surface area contributed by atoms with E-state index in [-0.39, 0.29) is 18.0 Å². The Morgan fingerprint density at radius 2 is 1.81 bits per heavy atom. The molecule has 8 nitrogen and oxygen atoms in total. The molecule has 0 radical (unpaired) electrons. The lowest BCUT2D eigenvalue weighted by Gasteiger charge is -2.12. The Balaban J connectivity index is 1.69. The number of benzene rings is 2. The molecule has 0 unspecified atom stereocenters. The molecule has 2 aromatic heterocycles. The number of rotatable bonds is 5. The van der Waals surface area contributed by atoms with Crippen molar-refractivity contribution < 1.29 is 14.3 Å². The summed E-state index contributed by atoms with van der Waals surface area (Å²) in [6.45, 7) is 1.89. The van der Waals surface area contributed by atoms with Gasteiger partial charge in [0.1, 0.15) is 5.56 Å². The first-order valence-corrected chi connectivity index (χ1v) is 9.88. The van der Waals surface area contributed by atoms with Crippen LogP contribution in [-0.4, -0.2) is 33.4 Å². The minimum absolute atomic E-state index is 0.114. The van der Waals surface area contributed by atoms with Crippen LogP contribution in [0.15, 0.2) is 66.9 Å². The molecule has 2 N–H and O–H groups in total. The number of nitrogens with one attached hydrogen (secondary N) is 2. The minimum atomic E-state index is -0.601. The molecule has 0 aliphatic heterocycles. The molecule has 0 aliphatic carbocycles. The Labute approximate surface area is 182 Å². The Kier molecular flexibility index (Phi) is 5.81. The SMILES string of the molecule is CCOC(=O)c1cnn(-c2ccc3ccccc3n2)c1NC(=O)Nc1ccc(Cl)cc1. The smallest absolute Gasteiger partial charge is 0.343 e. The Bertz CT molecular complexity index is 1250. The van der Waals surface area contributed by atoms with E-state index in [0.717, 1.165) is 10.9 Å². The van der Waals surface area contributed by atoms with E-state index < -0.39 is 12.0 Å². The van der Waals surface area contributed by atoms with Crippen LogP contribution in [0.4, 0.5) is 16.3 Å². The average Bonchev–Trinajstić information content (AvgIpc) is 3.18. The Morgan fingerprint density at radius 1 is 1.03 bits per heavy atom. The van der Waals surface area contributed by atoms with Crippen molar-refractivity contribution in [3.63, 3.8) is 0 Å². The number of hydrogen-bond donors (Lipinski definition) is 2. The van der Waals surface area contributed by atoms with E-state index in [2.05, 4.69) is 20.7 Å². The van der Waals surface area contributed by atoms with Crippen LogP contribution in [-0.2, 0) is 4.74 Å². The summed E-state index contributed by atoms with van der Waals surface area (Å²) in [5.74, 6) is -0.0138. The standard InChI is InChI=1S/C22H18ClN5O3/c1-2-31-21(29)17-13-24-28(19-12-7-14-5-3-4-6-18(14)26-19)20(17)27-22(30)25-16-10-8-15(23)9-11-16/h3-13H,2H2,1H3,(H2,25,27,30). The second-order valence-electron chi connectivity index (χ2n) is 6.49. The molecule has 0 saturated heterocycles. The molecule has 0 spiro atoms. The molecule has 0 bridgehead atoms. The summed E-state index contributed by atoms with van der Waals surface area (Å²) in [5, 5.41) is 11.1. The predicted molar refractivity (Wildman–Crippen MR) is 119 cm³/mol. The number of hydrogen-bond acceptors (Lipinski definition) is 5. The summed E-state index contributed by atoms with van der Waals surface area (Å²) in [4.78, 5) is 29.6. The molecule has 2 heterocycles. The molecular weight excluding hydrogens is 418 g/mol. The lowest BCUT2D eigenvalue weighted by Crippen LogP contribution is -2.23. The van der Waals surface area contributed by atoms with E-state index in [4.69, 9.17) is 16.3 Å². The van der Waals surface area contributed by atoms with Gasteiger partial charge in [0.25, 0.3) is 0 Å². The van der Waals surface area contributed by atoms with E-state index in [1.54, 1.807) is 37.3 Å². The number of esters is 1. The molecule has 2 aromatic carbocycles. The van der Waals surface area contributed by atoms with Crippen molar-refractivity contribution in [3.8, 4) is 5.82 Å². The van der Waals surface area contributed by atoms with Crippen molar-refractivity contribution >= 4 is 46.0 Å². The molecule has 31 heavy (non-hydrogen) atoms. The van der Waals surface area contributed by atoms with Crippen LogP contribution in [0.5, 0.6) is 0 Å². The molecule has 4 rings (SSSR count). The number of para-hydroxylation sites is 1. The number of nitrogens with zero attached hydrogens (tertiary/aromatic N) is 3. The van der Waals surface area contributed by atoms with Gasteiger partial charge in [0, 0.05) is 16.1 Å². The fourth-order valence-corrected chi connectivity index (χ4v) is 3.10. The van der Waals surface area contributed by atoms with Gasteiger partial charge in [-0.3, -0.25) is 5.32 Å². The molecule has 0 fully saturated rings. The van der Waals surface area contributed by atoms with Crippen molar-refractivity contribution in [3.05, 3.63) is 77.4 Å². The number of amides is 2. The summed E-state index contributed by atoms with van der Waals surface area (Å²) in [5.41, 5.74) is 1.40. The highest BCUT2D eigenvalue weighted by atomic mass is 35.5. The first-order chi connectivity index (χ1) is 15.0. The summed E-state index contributed by atoms with van der Waals surface area (Å²) in [7, 11) is 0. The normalized spacial score (nSPS) is 10.6. The summed E-state index contributed by atoms with van der Waals surface area (Å²) in [6, 6.07) is 17.3. The number of halogens is 1. The van der Waals surface area contributed by atoms with Gasteiger partial charge in [-0.1, -0.05) is 29.8 Å². The number of fused-ring (bicyclic) bond motifs is 1. The summed E-state index contributed by atoms with van der Waals surface area (Å²) >= 11 is 5.88. The van der Waals surface area contributed by atoms with Gasteiger partial charge in [-0.25, -0.2) is 14.6 Å². The van der Waals surface area contributed by atoms with Gasteiger partial charge in [-0.2, -0.15) is 9.78 Å². The molecule has 9 heteroatoms. The van der Waals surface area contributed by atoms with Gasteiger partial charge in [0.05, 0.1) is 18.3 Å². The number of anilines is 2. The highest BCUT2D eigenvalue weighted by Crippen LogP contribution is 2.23. The average molecular weight is 436 g/mol. The van der Waals surface area contributed by atoms with Gasteiger partial charge in [-0.15, -0.1) is 0 Å². The van der Waals surface area contributed by atoms with Gasteiger partial charge in [-0.05, 0) is 49.4 Å². The van der Waals surface area contributed by atoms with E-state index in [1.165, 1.54) is 10.9 Å². The number of urea groups is 1. The van der Waals surface area contributed by atoms with E-state index in [9.17, 15) is 9.59 Å². The van der Waals surface area contributed by atoms with Gasteiger partial charge < -0.3 is 10.1 Å². The van der Waals surface area contributed by atoms with Crippen LogP contribution in [0.3, 0.4) is 0 Å². The third-order valence-corrected chi connectivity index (χ3v) is 4.65. The first kappa shape index (κ1) is 20.4. The molecule has 2 amide bonds.